The maximum absolute atomic E-state index is 12.6. The molecule has 0 spiro atoms. The summed E-state index contributed by atoms with van der Waals surface area (Å²) in [5.41, 5.74) is 0.664. The summed E-state index contributed by atoms with van der Waals surface area (Å²) >= 11 is 0. The maximum atomic E-state index is 12.6. The Hall–Kier alpha value is -1.86. The number of hydrogen-bond acceptors (Lipinski definition) is 2. The van der Waals surface area contributed by atoms with E-state index >= 15 is 0 Å². The zero-order valence-corrected chi connectivity index (χ0v) is 9.51. The minimum absolute atomic E-state index is 0.336. The summed E-state index contributed by atoms with van der Waals surface area (Å²) in [7, 11) is 0. The second-order valence-corrected chi connectivity index (χ2v) is 3.58. The van der Waals surface area contributed by atoms with E-state index in [1.165, 1.54) is 12.1 Å². The van der Waals surface area contributed by atoms with E-state index in [1.54, 1.807) is 0 Å². The molecule has 0 saturated carbocycles. The van der Waals surface area contributed by atoms with Crippen molar-refractivity contribution >= 4 is 6.41 Å². The van der Waals surface area contributed by atoms with Crippen LogP contribution in [0, 0.1) is 0 Å². The summed E-state index contributed by atoms with van der Waals surface area (Å²) in [6.45, 7) is 0.336. The summed E-state index contributed by atoms with van der Waals surface area (Å²) < 4.78 is 64.4. The molecule has 106 valence electrons. The molecule has 0 aliphatic heterocycles. The fourth-order valence-electron chi connectivity index (χ4n) is 1.21. The predicted molar refractivity (Wildman–Crippen MR) is 55.8 cm³/mol. The molecule has 0 bridgehead atoms. The van der Waals surface area contributed by atoms with Crippen molar-refractivity contribution in [2.45, 2.75) is 18.7 Å². The summed E-state index contributed by atoms with van der Waals surface area (Å²) in [6.07, 6.45) is -10.1. The molecule has 1 N–H and O–H groups in total. The van der Waals surface area contributed by atoms with Crippen LogP contribution >= 0.6 is 0 Å². The normalized spacial score (nSPS) is 12.1. The molecule has 0 unspecified atom stereocenters. The number of ether oxygens (including phenoxy) is 1. The average Bonchev–Trinajstić information content (AvgIpc) is 2.30. The first-order chi connectivity index (χ1) is 8.76. The zero-order chi connectivity index (χ0) is 14.5. The third-order valence-electron chi connectivity index (χ3n) is 2.14. The summed E-state index contributed by atoms with van der Waals surface area (Å²) in [5, 5.41) is 2.39. The van der Waals surface area contributed by atoms with Gasteiger partial charge in [0.15, 0.2) is 0 Å². The van der Waals surface area contributed by atoms with E-state index in [0.29, 0.717) is 24.9 Å². The van der Waals surface area contributed by atoms with E-state index in [1.807, 2.05) is 0 Å². The molecule has 1 aromatic rings. The molecule has 0 atom stereocenters. The monoisotopic (exact) mass is 283 g/mol. The van der Waals surface area contributed by atoms with Crippen molar-refractivity contribution in [1.29, 1.82) is 0 Å². The van der Waals surface area contributed by atoms with Gasteiger partial charge in [0.1, 0.15) is 5.75 Å². The van der Waals surface area contributed by atoms with Crippen LogP contribution in [0.5, 0.6) is 5.75 Å². The van der Waals surface area contributed by atoms with Crippen LogP contribution in [-0.2, 0) is 11.2 Å². The largest absolute Gasteiger partial charge is 0.499 e. The highest BCUT2D eigenvalue weighted by molar-refractivity contribution is 5.45. The molecule has 0 aliphatic carbocycles. The van der Waals surface area contributed by atoms with Gasteiger partial charge in [-0.15, -0.1) is 0 Å². The average molecular weight is 283 g/mol. The van der Waals surface area contributed by atoms with E-state index in [4.69, 9.17) is 0 Å². The maximum Gasteiger partial charge on any atom is 0.499 e. The van der Waals surface area contributed by atoms with Crippen LogP contribution in [0.15, 0.2) is 24.3 Å². The molecular formula is C11H10F5NO2. The Morgan fingerprint density at radius 2 is 1.68 bits per heavy atom. The zero-order valence-electron chi connectivity index (χ0n) is 9.51. The number of carbonyl (C=O) groups is 1. The quantitative estimate of drug-likeness (QED) is 0.495. The fourth-order valence-corrected chi connectivity index (χ4v) is 1.21. The molecule has 0 aromatic heterocycles. The number of rotatable bonds is 6. The first-order valence-corrected chi connectivity index (χ1v) is 5.16. The van der Waals surface area contributed by atoms with Crippen LogP contribution in [0.3, 0.4) is 0 Å². The van der Waals surface area contributed by atoms with E-state index < -0.39 is 18.0 Å². The lowest BCUT2D eigenvalue weighted by atomic mass is 10.1. The number of halogens is 5. The molecule has 1 aromatic carbocycles. The van der Waals surface area contributed by atoms with Gasteiger partial charge >= 0.3 is 12.3 Å². The van der Waals surface area contributed by atoms with Gasteiger partial charge in [-0.1, -0.05) is 12.1 Å². The van der Waals surface area contributed by atoms with Crippen LogP contribution in [0.1, 0.15) is 5.56 Å². The number of hydrogen-bond donors (Lipinski definition) is 1. The Morgan fingerprint density at radius 3 is 2.16 bits per heavy atom. The van der Waals surface area contributed by atoms with Crippen molar-refractivity contribution in [3.8, 4) is 5.75 Å². The standard InChI is InChI=1S/C11H10F5NO2/c12-10(13,14)11(15,16)19-9-3-1-8(2-4-9)5-6-17-7-18/h1-4,7H,5-6H2,(H,17,18). The minimum Gasteiger partial charge on any atom is -0.426 e. The lowest BCUT2D eigenvalue weighted by Gasteiger charge is -2.20. The van der Waals surface area contributed by atoms with Gasteiger partial charge in [0.25, 0.3) is 0 Å². The van der Waals surface area contributed by atoms with E-state index in [9.17, 15) is 26.7 Å². The molecule has 0 saturated heterocycles. The van der Waals surface area contributed by atoms with Gasteiger partial charge in [-0.2, -0.15) is 22.0 Å². The molecule has 8 heteroatoms. The Kier molecular flexibility index (Phi) is 4.68. The first kappa shape index (κ1) is 15.2. The van der Waals surface area contributed by atoms with Crippen molar-refractivity contribution in [3.05, 3.63) is 29.8 Å². The first-order valence-electron chi connectivity index (χ1n) is 5.16. The second-order valence-electron chi connectivity index (χ2n) is 3.58. The van der Waals surface area contributed by atoms with Crippen molar-refractivity contribution in [3.63, 3.8) is 0 Å². The van der Waals surface area contributed by atoms with Gasteiger partial charge in [0.2, 0.25) is 6.41 Å². The van der Waals surface area contributed by atoms with Crippen LogP contribution in [0.25, 0.3) is 0 Å². The lowest BCUT2D eigenvalue weighted by Crippen LogP contribution is -2.41. The molecule has 0 fully saturated rings. The topological polar surface area (TPSA) is 38.3 Å². The Bertz CT molecular complexity index is 416. The third kappa shape index (κ3) is 4.38. The highest BCUT2D eigenvalue weighted by atomic mass is 19.4. The smallest absolute Gasteiger partial charge is 0.426 e. The van der Waals surface area contributed by atoms with Gasteiger partial charge in [0.05, 0.1) is 0 Å². The van der Waals surface area contributed by atoms with Gasteiger partial charge in [-0.3, -0.25) is 4.79 Å². The second kappa shape index (κ2) is 5.85. The van der Waals surface area contributed by atoms with Gasteiger partial charge < -0.3 is 10.1 Å². The minimum atomic E-state index is -5.76. The Morgan fingerprint density at radius 1 is 1.11 bits per heavy atom. The summed E-state index contributed by atoms with van der Waals surface area (Å²) in [6, 6.07) is 4.70. The lowest BCUT2D eigenvalue weighted by molar-refractivity contribution is -0.360. The fraction of sp³-hybridized carbons (Fsp3) is 0.364. The van der Waals surface area contributed by atoms with Crippen LogP contribution in [0.4, 0.5) is 22.0 Å². The van der Waals surface area contributed by atoms with E-state index in [2.05, 4.69) is 10.1 Å². The van der Waals surface area contributed by atoms with Crippen molar-refractivity contribution in [2.24, 2.45) is 0 Å². The summed E-state index contributed by atoms with van der Waals surface area (Å²) in [4.78, 5) is 9.98. The van der Waals surface area contributed by atoms with Gasteiger partial charge in [0, 0.05) is 6.54 Å². The van der Waals surface area contributed by atoms with Crippen LogP contribution in [0.2, 0.25) is 0 Å². The molecule has 0 radical (unpaired) electrons. The molecular weight excluding hydrogens is 273 g/mol. The highest BCUT2D eigenvalue weighted by Crippen LogP contribution is 2.37. The number of carbonyl (C=O) groups excluding carboxylic acids is 1. The van der Waals surface area contributed by atoms with E-state index in [-0.39, 0.29) is 0 Å². The van der Waals surface area contributed by atoms with Crippen molar-refractivity contribution in [2.75, 3.05) is 6.54 Å². The Labute approximate surface area is 105 Å². The van der Waals surface area contributed by atoms with Crippen LogP contribution in [-0.4, -0.2) is 25.2 Å². The molecule has 0 aliphatic rings. The van der Waals surface area contributed by atoms with Crippen molar-refractivity contribution < 1.29 is 31.5 Å². The van der Waals surface area contributed by atoms with E-state index in [0.717, 1.165) is 12.1 Å². The highest BCUT2D eigenvalue weighted by Gasteiger charge is 2.61. The number of benzene rings is 1. The number of amides is 1. The predicted octanol–water partition coefficient (Wildman–Crippen LogP) is 2.51. The van der Waals surface area contributed by atoms with Crippen molar-refractivity contribution in [1.82, 2.24) is 5.32 Å². The van der Waals surface area contributed by atoms with Gasteiger partial charge in [-0.05, 0) is 24.1 Å². The van der Waals surface area contributed by atoms with Crippen LogP contribution < -0.4 is 10.1 Å². The molecule has 0 heterocycles. The Balaban J connectivity index is 2.64. The SMILES string of the molecule is O=CNCCc1ccc(OC(F)(F)C(F)(F)F)cc1. The molecule has 3 nitrogen and oxygen atoms in total. The summed E-state index contributed by atoms with van der Waals surface area (Å²) in [5.74, 6) is -0.588. The molecule has 1 amide bonds. The molecule has 19 heavy (non-hydrogen) atoms. The third-order valence-corrected chi connectivity index (χ3v) is 2.14. The number of alkyl halides is 5. The molecule has 1 rings (SSSR count). The number of nitrogens with one attached hydrogen (secondary N) is 1. The van der Waals surface area contributed by atoms with Gasteiger partial charge in [-0.25, -0.2) is 0 Å².